The summed E-state index contributed by atoms with van der Waals surface area (Å²) in [7, 11) is 2.17. The lowest BCUT2D eigenvalue weighted by Gasteiger charge is -2.30. The Hall–Kier alpha value is -2.46. The van der Waals surface area contributed by atoms with Crippen molar-refractivity contribution in [1.82, 2.24) is 4.57 Å². The van der Waals surface area contributed by atoms with Gasteiger partial charge in [0.25, 0.3) is 0 Å². The first kappa shape index (κ1) is 19.3. The Morgan fingerprint density at radius 2 is 1.63 bits per heavy atom. The standard InChI is InChI=1S/C26H31N/c1-5-7-8-14-20-26(19-6-2,22-15-10-9-11-16-22)25-21(3)27(4)24-18-13-12-17-23(24)25/h9-13,15-18H,5-8,19H2,1-4H3. The highest BCUT2D eigenvalue weighted by molar-refractivity contribution is 5.88. The van der Waals surface area contributed by atoms with Gasteiger partial charge in [-0.15, -0.1) is 5.92 Å². The molecule has 0 radical (unpaired) electrons. The van der Waals surface area contributed by atoms with Crippen molar-refractivity contribution in [1.29, 1.82) is 0 Å². The number of unbranched alkanes of at least 4 members (excludes halogenated alkanes) is 2. The number of aryl methyl sites for hydroxylation is 1. The van der Waals surface area contributed by atoms with Crippen molar-refractivity contribution < 1.29 is 0 Å². The van der Waals surface area contributed by atoms with Crippen LogP contribution in [0.5, 0.6) is 0 Å². The SMILES string of the molecule is CCCCC#CC(CCC)(c1ccccc1)c1c(C)n(C)c2ccccc12. The summed E-state index contributed by atoms with van der Waals surface area (Å²) in [6.45, 7) is 6.75. The summed E-state index contributed by atoms with van der Waals surface area (Å²) >= 11 is 0. The lowest BCUT2D eigenvalue weighted by Crippen LogP contribution is -2.27. The number of fused-ring (bicyclic) bond motifs is 1. The highest BCUT2D eigenvalue weighted by Gasteiger charge is 2.36. The molecule has 140 valence electrons. The van der Waals surface area contributed by atoms with Crippen LogP contribution in [-0.2, 0) is 12.5 Å². The van der Waals surface area contributed by atoms with E-state index in [1.54, 1.807) is 0 Å². The average molecular weight is 358 g/mol. The number of hydrogen-bond donors (Lipinski definition) is 0. The van der Waals surface area contributed by atoms with Gasteiger partial charge in [0.15, 0.2) is 0 Å². The van der Waals surface area contributed by atoms with Gasteiger partial charge in [-0.2, -0.15) is 0 Å². The summed E-state index contributed by atoms with van der Waals surface area (Å²) in [5.74, 6) is 7.34. The van der Waals surface area contributed by atoms with E-state index in [0.29, 0.717) is 0 Å². The number of benzene rings is 2. The van der Waals surface area contributed by atoms with Crippen molar-refractivity contribution in [2.45, 2.75) is 58.3 Å². The van der Waals surface area contributed by atoms with Crippen LogP contribution >= 0.6 is 0 Å². The highest BCUT2D eigenvalue weighted by Crippen LogP contribution is 2.43. The van der Waals surface area contributed by atoms with Crippen LogP contribution in [-0.4, -0.2) is 4.57 Å². The second-order valence-corrected chi connectivity index (χ2v) is 7.46. The number of rotatable bonds is 6. The van der Waals surface area contributed by atoms with Crippen LogP contribution in [0.3, 0.4) is 0 Å². The largest absolute Gasteiger partial charge is 0.348 e. The molecule has 3 rings (SSSR count). The summed E-state index contributed by atoms with van der Waals surface area (Å²) in [4.78, 5) is 0. The molecule has 1 heterocycles. The van der Waals surface area contributed by atoms with Gasteiger partial charge in [0.2, 0.25) is 0 Å². The zero-order chi connectivity index (χ0) is 19.3. The molecule has 1 nitrogen and oxygen atoms in total. The molecule has 0 aliphatic heterocycles. The average Bonchev–Trinajstić information content (AvgIpc) is 2.96. The monoisotopic (exact) mass is 357 g/mol. The molecule has 1 unspecified atom stereocenters. The minimum atomic E-state index is -0.255. The highest BCUT2D eigenvalue weighted by atomic mass is 14.9. The molecule has 1 atom stereocenters. The molecule has 1 aromatic heterocycles. The number of aromatic nitrogens is 1. The van der Waals surface area contributed by atoms with Gasteiger partial charge in [-0.25, -0.2) is 0 Å². The molecule has 0 N–H and O–H groups in total. The maximum atomic E-state index is 3.78. The molecule has 0 spiro atoms. The van der Waals surface area contributed by atoms with Crippen molar-refractivity contribution in [3.8, 4) is 11.8 Å². The molecule has 0 aliphatic carbocycles. The van der Waals surface area contributed by atoms with Crippen LogP contribution in [0.1, 0.15) is 62.8 Å². The zero-order valence-electron chi connectivity index (χ0n) is 17.2. The van der Waals surface area contributed by atoms with Crippen LogP contribution in [0, 0.1) is 18.8 Å². The van der Waals surface area contributed by atoms with E-state index >= 15 is 0 Å². The van der Waals surface area contributed by atoms with Crippen LogP contribution < -0.4 is 0 Å². The molecule has 1 heteroatoms. The first-order chi connectivity index (χ1) is 13.2. The second kappa shape index (κ2) is 8.49. The molecule has 2 aromatic carbocycles. The van der Waals surface area contributed by atoms with Crippen LogP contribution in [0.25, 0.3) is 10.9 Å². The number of nitrogens with zero attached hydrogens (tertiary/aromatic N) is 1. The Bertz CT molecular complexity index is 952. The quantitative estimate of drug-likeness (QED) is 0.339. The third kappa shape index (κ3) is 3.54. The predicted molar refractivity (Wildman–Crippen MR) is 117 cm³/mol. The molecule has 0 saturated heterocycles. The van der Waals surface area contributed by atoms with Gasteiger partial charge in [0, 0.05) is 35.6 Å². The Labute approximate surface area is 164 Å². The van der Waals surface area contributed by atoms with Crippen LogP contribution in [0.2, 0.25) is 0 Å². The summed E-state index contributed by atoms with van der Waals surface area (Å²) in [5, 5.41) is 1.33. The fourth-order valence-electron chi connectivity index (χ4n) is 4.25. The van der Waals surface area contributed by atoms with Gasteiger partial charge in [0.1, 0.15) is 0 Å². The number of hydrogen-bond acceptors (Lipinski definition) is 0. The molecule has 0 aliphatic rings. The summed E-state index contributed by atoms with van der Waals surface area (Å²) < 4.78 is 2.33. The molecule has 3 aromatic rings. The third-order valence-electron chi connectivity index (χ3n) is 5.68. The van der Waals surface area contributed by atoms with Gasteiger partial charge in [0.05, 0.1) is 5.41 Å². The molecule has 0 fully saturated rings. The fraction of sp³-hybridized carbons (Fsp3) is 0.385. The first-order valence-electron chi connectivity index (χ1n) is 10.3. The van der Waals surface area contributed by atoms with Gasteiger partial charge < -0.3 is 4.57 Å². The Morgan fingerprint density at radius 1 is 0.926 bits per heavy atom. The van der Waals surface area contributed by atoms with E-state index in [0.717, 1.165) is 19.3 Å². The Balaban J connectivity index is 2.33. The van der Waals surface area contributed by atoms with E-state index in [1.807, 2.05) is 0 Å². The summed E-state index contributed by atoms with van der Waals surface area (Å²) in [6, 6.07) is 19.7. The molecule has 0 amide bonds. The maximum absolute atomic E-state index is 3.78. The van der Waals surface area contributed by atoms with Gasteiger partial charge >= 0.3 is 0 Å². The zero-order valence-corrected chi connectivity index (χ0v) is 17.2. The predicted octanol–water partition coefficient (Wildman–Crippen LogP) is 6.77. The smallest absolute Gasteiger partial charge is 0.0834 e. The maximum Gasteiger partial charge on any atom is 0.0834 e. The minimum Gasteiger partial charge on any atom is -0.348 e. The fourth-order valence-corrected chi connectivity index (χ4v) is 4.25. The van der Waals surface area contributed by atoms with E-state index < -0.39 is 0 Å². The van der Waals surface area contributed by atoms with Crippen molar-refractivity contribution >= 4 is 10.9 Å². The lowest BCUT2D eigenvalue weighted by atomic mass is 9.70. The van der Waals surface area contributed by atoms with Crippen molar-refractivity contribution in [3.63, 3.8) is 0 Å². The normalized spacial score (nSPS) is 13.2. The van der Waals surface area contributed by atoms with E-state index in [2.05, 4.69) is 98.8 Å². The molecule has 0 saturated carbocycles. The van der Waals surface area contributed by atoms with Gasteiger partial charge in [-0.3, -0.25) is 0 Å². The van der Waals surface area contributed by atoms with Crippen LogP contribution in [0.15, 0.2) is 54.6 Å². The molecular formula is C26H31N. The van der Waals surface area contributed by atoms with Gasteiger partial charge in [-0.1, -0.05) is 81.1 Å². The molecular weight excluding hydrogens is 326 g/mol. The van der Waals surface area contributed by atoms with E-state index in [4.69, 9.17) is 0 Å². The van der Waals surface area contributed by atoms with E-state index in [9.17, 15) is 0 Å². The topological polar surface area (TPSA) is 4.93 Å². The summed E-state index contributed by atoms with van der Waals surface area (Å²) in [5.41, 5.74) is 5.05. The van der Waals surface area contributed by atoms with Gasteiger partial charge in [-0.05, 0) is 31.4 Å². The summed E-state index contributed by atoms with van der Waals surface area (Å²) in [6.07, 6.45) is 5.45. The minimum absolute atomic E-state index is 0.255. The lowest BCUT2D eigenvalue weighted by molar-refractivity contribution is 0.586. The Morgan fingerprint density at radius 3 is 2.33 bits per heavy atom. The van der Waals surface area contributed by atoms with Crippen LogP contribution in [0.4, 0.5) is 0 Å². The van der Waals surface area contributed by atoms with Crippen molar-refractivity contribution in [3.05, 3.63) is 71.4 Å². The van der Waals surface area contributed by atoms with Crippen molar-refractivity contribution in [2.75, 3.05) is 0 Å². The third-order valence-corrected chi connectivity index (χ3v) is 5.68. The number of para-hydroxylation sites is 1. The Kier molecular flexibility index (Phi) is 6.07. The molecule has 27 heavy (non-hydrogen) atoms. The van der Waals surface area contributed by atoms with E-state index in [-0.39, 0.29) is 5.41 Å². The van der Waals surface area contributed by atoms with E-state index in [1.165, 1.54) is 40.6 Å². The van der Waals surface area contributed by atoms with Crippen molar-refractivity contribution in [2.24, 2.45) is 7.05 Å². The molecule has 0 bridgehead atoms. The second-order valence-electron chi connectivity index (χ2n) is 7.46. The first-order valence-corrected chi connectivity index (χ1v) is 10.3.